The standard InChI is InChI=1S/C69H112O6/c1-4-7-10-13-16-19-22-24-26-27-28-29-30-31-32-33-34-35-36-37-38-39-40-41-43-44-47-50-53-56-59-62-68(71)74-65-66(64-73-67(70)61-58-55-52-49-46-21-18-15-12-9-6-3)75-69(72)63-60-57-54-51-48-45-42-25-23-20-17-14-11-8-5-2/h7-8,10-11,15-20,24-26,28-29,31-32,34-35,37-38,42,66H,4-6,9,12-14,21-23,27,30,33,36,39-41,43-65H2,1-3H3/b10-7-,11-8-,18-15-,19-16-,20-17-,26-24-,29-28-,32-31-,35-34-,38-37-,42-25-. The summed E-state index contributed by atoms with van der Waals surface area (Å²) in [5, 5.41) is 0. The Hall–Kier alpha value is -4.45. The van der Waals surface area contributed by atoms with Crippen molar-refractivity contribution in [2.75, 3.05) is 13.2 Å². The van der Waals surface area contributed by atoms with Crippen molar-refractivity contribution in [1.29, 1.82) is 0 Å². The number of allylic oxidation sites excluding steroid dienone is 22. The molecule has 6 nitrogen and oxygen atoms in total. The summed E-state index contributed by atoms with van der Waals surface area (Å²) in [6.07, 6.45) is 87.4. The van der Waals surface area contributed by atoms with Gasteiger partial charge in [0.05, 0.1) is 0 Å². The molecule has 0 aliphatic rings. The molecule has 0 saturated heterocycles. The predicted octanol–water partition coefficient (Wildman–Crippen LogP) is 21.0. The SMILES string of the molecule is CC/C=C\C/C=C\C/C=C\C/C=C\C/C=C\C/C=C\C/C=C\CCCCCCCCCCCC(=O)OCC(COC(=O)CCCCCCC/C=C\CCCC)OC(=O)CCCCCCC/C=C\C/C=C\C/C=C\CC. The molecule has 0 heterocycles. The Kier molecular flexibility index (Phi) is 58.4. The van der Waals surface area contributed by atoms with Gasteiger partial charge in [0.1, 0.15) is 13.2 Å². The van der Waals surface area contributed by atoms with Crippen LogP contribution in [0, 0.1) is 0 Å². The summed E-state index contributed by atoms with van der Waals surface area (Å²) in [5.41, 5.74) is 0. The highest BCUT2D eigenvalue weighted by Crippen LogP contribution is 2.15. The second-order valence-electron chi connectivity index (χ2n) is 19.8. The third-order valence-corrected chi connectivity index (χ3v) is 12.6. The van der Waals surface area contributed by atoms with Crippen LogP contribution >= 0.6 is 0 Å². The maximum absolute atomic E-state index is 12.8. The van der Waals surface area contributed by atoms with E-state index in [4.69, 9.17) is 14.2 Å². The van der Waals surface area contributed by atoms with Crippen LogP contribution in [-0.4, -0.2) is 37.2 Å². The van der Waals surface area contributed by atoms with Crippen LogP contribution < -0.4 is 0 Å². The molecule has 0 spiro atoms. The molecule has 1 unspecified atom stereocenters. The van der Waals surface area contributed by atoms with E-state index in [-0.39, 0.29) is 31.1 Å². The van der Waals surface area contributed by atoms with Gasteiger partial charge in [-0.05, 0) is 128 Å². The molecule has 6 heteroatoms. The van der Waals surface area contributed by atoms with Gasteiger partial charge in [0.25, 0.3) is 0 Å². The molecular formula is C69H112O6. The number of esters is 3. The third kappa shape index (κ3) is 60.3. The predicted molar refractivity (Wildman–Crippen MR) is 325 cm³/mol. The molecule has 0 bridgehead atoms. The molecule has 424 valence electrons. The normalized spacial score (nSPS) is 13.1. The third-order valence-electron chi connectivity index (χ3n) is 12.6. The van der Waals surface area contributed by atoms with Crippen molar-refractivity contribution < 1.29 is 28.6 Å². The maximum atomic E-state index is 12.8. The van der Waals surface area contributed by atoms with Crippen LogP contribution in [0.25, 0.3) is 0 Å². The van der Waals surface area contributed by atoms with Crippen molar-refractivity contribution in [3.05, 3.63) is 134 Å². The minimum atomic E-state index is -0.797. The molecule has 0 aliphatic carbocycles. The molecule has 0 aliphatic heterocycles. The first-order valence-electron chi connectivity index (χ1n) is 30.7. The molecule has 1 atom stereocenters. The summed E-state index contributed by atoms with van der Waals surface area (Å²) >= 11 is 0. The van der Waals surface area contributed by atoms with Gasteiger partial charge in [-0.2, -0.15) is 0 Å². The van der Waals surface area contributed by atoms with Crippen molar-refractivity contribution in [3.63, 3.8) is 0 Å². The van der Waals surface area contributed by atoms with Crippen LogP contribution in [0.4, 0.5) is 0 Å². The van der Waals surface area contributed by atoms with Crippen LogP contribution in [0.1, 0.15) is 265 Å². The van der Waals surface area contributed by atoms with E-state index in [1.807, 2.05) is 0 Å². The van der Waals surface area contributed by atoms with Crippen LogP contribution in [-0.2, 0) is 28.6 Å². The Morgan fingerprint density at radius 1 is 0.280 bits per heavy atom. The highest BCUT2D eigenvalue weighted by atomic mass is 16.6. The lowest BCUT2D eigenvalue weighted by molar-refractivity contribution is -0.167. The van der Waals surface area contributed by atoms with E-state index < -0.39 is 6.10 Å². The van der Waals surface area contributed by atoms with E-state index in [0.717, 1.165) is 161 Å². The van der Waals surface area contributed by atoms with Crippen molar-refractivity contribution in [3.8, 4) is 0 Å². The molecule has 75 heavy (non-hydrogen) atoms. The molecule has 0 radical (unpaired) electrons. The Labute approximate surface area is 462 Å². The van der Waals surface area contributed by atoms with E-state index in [1.54, 1.807) is 0 Å². The first kappa shape index (κ1) is 70.5. The Bertz CT molecular complexity index is 1620. The van der Waals surface area contributed by atoms with Gasteiger partial charge in [-0.3, -0.25) is 14.4 Å². The molecule has 0 rings (SSSR count). The average molecular weight is 1040 g/mol. The van der Waals surface area contributed by atoms with Gasteiger partial charge in [0.2, 0.25) is 0 Å². The minimum absolute atomic E-state index is 0.0940. The van der Waals surface area contributed by atoms with Crippen molar-refractivity contribution in [2.45, 2.75) is 271 Å². The van der Waals surface area contributed by atoms with Gasteiger partial charge in [-0.15, -0.1) is 0 Å². The van der Waals surface area contributed by atoms with Gasteiger partial charge in [-0.1, -0.05) is 251 Å². The molecule has 0 amide bonds. The van der Waals surface area contributed by atoms with Crippen molar-refractivity contribution >= 4 is 17.9 Å². The summed E-state index contributed by atoms with van der Waals surface area (Å²) in [7, 11) is 0. The van der Waals surface area contributed by atoms with E-state index >= 15 is 0 Å². The zero-order valence-corrected chi connectivity index (χ0v) is 48.5. The lowest BCUT2D eigenvalue weighted by Crippen LogP contribution is -2.30. The van der Waals surface area contributed by atoms with E-state index in [9.17, 15) is 14.4 Å². The monoisotopic (exact) mass is 1040 g/mol. The summed E-state index contributed by atoms with van der Waals surface area (Å²) in [6, 6.07) is 0. The topological polar surface area (TPSA) is 78.9 Å². The maximum Gasteiger partial charge on any atom is 0.306 e. The van der Waals surface area contributed by atoms with Gasteiger partial charge in [-0.25, -0.2) is 0 Å². The lowest BCUT2D eigenvalue weighted by Gasteiger charge is -2.18. The largest absolute Gasteiger partial charge is 0.462 e. The second-order valence-corrected chi connectivity index (χ2v) is 19.8. The second kappa shape index (κ2) is 62.1. The van der Waals surface area contributed by atoms with Crippen LogP contribution in [0.2, 0.25) is 0 Å². The summed E-state index contributed by atoms with van der Waals surface area (Å²) in [4.78, 5) is 38.1. The Balaban J connectivity index is 4.26. The number of hydrogen-bond donors (Lipinski definition) is 0. The van der Waals surface area contributed by atoms with Gasteiger partial charge in [0, 0.05) is 19.3 Å². The fourth-order valence-corrected chi connectivity index (χ4v) is 8.06. The number of ether oxygens (including phenoxy) is 3. The molecule has 0 aromatic rings. The minimum Gasteiger partial charge on any atom is -0.462 e. The quantitative estimate of drug-likeness (QED) is 0.0261. The molecular weight excluding hydrogens is 925 g/mol. The van der Waals surface area contributed by atoms with Gasteiger partial charge in [0.15, 0.2) is 6.10 Å². The lowest BCUT2D eigenvalue weighted by atomic mass is 10.1. The number of hydrogen-bond acceptors (Lipinski definition) is 6. The van der Waals surface area contributed by atoms with E-state index in [2.05, 4.69) is 154 Å². The van der Waals surface area contributed by atoms with E-state index in [1.165, 1.54) is 64.2 Å². The molecule has 0 aromatic heterocycles. The van der Waals surface area contributed by atoms with Gasteiger partial charge >= 0.3 is 17.9 Å². The van der Waals surface area contributed by atoms with Crippen molar-refractivity contribution in [1.82, 2.24) is 0 Å². The highest BCUT2D eigenvalue weighted by molar-refractivity contribution is 5.71. The number of carbonyl (C=O) groups is 3. The molecule has 0 fully saturated rings. The summed E-state index contributed by atoms with van der Waals surface area (Å²) in [6.45, 7) is 6.34. The molecule has 0 N–H and O–H groups in total. The fourth-order valence-electron chi connectivity index (χ4n) is 8.06. The highest BCUT2D eigenvalue weighted by Gasteiger charge is 2.19. The summed E-state index contributed by atoms with van der Waals surface area (Å²) in [5.74, 6) is -0.928. The van der Waals surface area contributed by atoms with Crippen LogP contribution in [0.5, 0.6) is 0 Å². The molecule has 0 saturated carbocycles. The summed E-state index contributed by atoms with van der Waals surface area (Å²) < 4.78 is 16.8. The smallest absolute Gasteiger partial charge is 0.306 e. The zero-order valence-electron chi connectivity index (χ0n) is 48.5. The Morgan fingerprint density at radius 2 is 0.520 bits per heavy atom. The van der Waals surface area contributed by atoms with Crippen molar-refractivity contribution in [2.24, 2.45) is 0 Å². The van der Waals surface area contributed by atoms with E-state index in [0.29, 0.717) is 19.3 Å². The molecule has 0 aromatic carbocycles. The Morgan fingerprint density at radius 3 is 0.827 bits per heavy atom. The average Bonchev–Trinajstić information content (AvgIpc) is 3.41. The first-order valence-corrected chi connectivity index (χ1v) is 30.7. The number of carbonyl (C=O) groups excluding carboxylic acids is 3. The first-order chi connectivity index (χ1) is 37.0. The fraction of sp³-hybridized carbons (Fsp3) is 0.638. The number of rotatable bonds is 54. The zero-order chi connectivity index (χ0) is 54.3. The van der Waals surface area contributed by atoms with Crippen LogP contribution in [0.3, 0.4) is 0 Å². The number of unbranched alkanes of at least 4 members (excludes halogenated alkanes) is 21. The van der Waals surface area contributed by atoms with Gasteiger partial charge < -0.3 is 14.2 Å². The van der Waals surface area contributed by atoms with Crippen LogP contribution in [0.15, 0.2) is 134 Å².